The number of aromatic nitrogens is 1. The maximum atomic E-state index is 11.6. The van der Waals surface area contributed by atoms with Crippen LogP contribution < -0.4 is 5.32 Å². The molecular formula is C11H13ClN2O3. The minimum Gasteiger partial charge on any atom is -0.468 e. The van der Waals surface area contributed by atoms with Crippen molar-refractivity contribution in [2.24, 2.45) is 0 Å². The second-order valence-electron chi connectivity index (χ2n) is 3.39. The number of carbonyl (C=O) groups excluding carboxylic acids is 2. The summed E-state index contributed by atoms with van der Waals surface area (Å²) >= 11 is 5.68. The maximum Gasteiger partial charge on any atom is 0.325 e. The molecular weight excluding hydrogens is 244 g/mol. The molecule has 17 heavy (non-hydrogen) atoms. The number of carbonyl (C=O) groups is 2. The molecule has 0 fully saturated rings. The molecule has 1 atom stereocenters. The van der Waals surface area contributed by atoms with Crippen LogP contribution in [0.1, 0.15) is 16.1 Å². The summed E-state index contributed by atoms with van der Waals surface area (Å²) in [6, 6.07) is 3.38. The van der Waals surface area contributed by atoms with Crippen LogP contribution in [0.5, 0.6) is 0 Å². The number of amides is 1. The number of alkyl halides is 1. The van der Waals surface area contributed by atoms with E-state index in [1.165, 1.54) is 13.3 Å². The van der Waals surface area contributed by atoms with Gasteiger partial charge in [0.25, 0.3) is 5.91 Å². The number of hydrogen-bond acceptors (Lipinski definition) is 4. The van der Waals surface area contributed by atoms with Gasteiger partial charge >= 0.3 is 5.97 Å². The lowest BCUT2D eigenvalue weighted by Crippen LogP contribution is -2.34. The number of ether oxygens (including phenoxy) is 1. The van der Waals surface area contributed by atoms with Gasteiger partial charge in [0.05, 0.1) is 12.7 Å². The van der Waals surface area contributed by atoms with Gasteiger partial charge in [0.2, 0.25) is 0 Å². The minimum atomic E-state index is -0.887. The molecule has 1 amide bonds. The average molecular weight is 257 g/mol. The lowest BCUT2D eigenvalue weighted by atomic mass is 10.2. The molecule has 0 aliphatic rings. The largest absolute Gasteiger partial charge is 0.468 e. The molecule has 0 aliphatic heterocycles. The maximum absolute atomic E-state index is 11.6. The van der Waals surface area contributed by atoms with Crippen LogP contribution in [-0.4, -0.2) is 35.9 Å². The van der Waals surface area contributed by atoms with E-state index in [0.29, 0.717) is 5.56 Å². The highest BCUT2D eigenvalue weighted by molar-refractivity contribution is 6.30. The van der Waals surface area contributed by atoms with Crippen LogP contribution in [0.15, 0.2) is 18.3 Å². The molecule has 92 valence electrons. The molecule has 6 heteroatoms. The normalized spacial score (nSPS) is 11.7. The minimum absolute atomic E-state index is 0.0148. The molecule has 0 saturated carbocycles. The molecule has 0 aromatic carbocycles. The van der Waals surface area contributed by atoms with Crippen molar-refractivity contribution in [1.82, 2.24) is 10.3 Å². The highest BCUT2D eigenvalue weighted by atomic mass is 35.5. The monoisotopic (exact) mass is 256 g/mol. The lowest BCUT2D eigenvalue weighted by molar-refractivity contribution is -0.140. The average Bonchev–Trinajstić information content (AvgIpc) is 2.35. The second-order valence-corrected chi connectivity index (χ2v) is 3.92. The first-order valence-electron chi connectivity index (χ1n) is 4.97. The van der Waals surface area contributed by atoms with E-state index < -0.39 is 11.3 Å². The van der Waals surface area contributed by atoms with Gasteiger partial charge in [-0.05, 0) is 19.1 Å². The summed E-state index contributed by atoms with van der Waals surface area (Å²) in [7, 11) is 1.24. The van der Waals surface area contributed by atoms with Gasteiger partial charge in [-0.3, -0.25) is 14.6 Å². The number of hydrogen-bond donors (Lipinski definition) is 1. The molecule has 0 saturated heterocycles. The second kappa shape index (κ2) is 6.20. The van der Waals surface area contributed by atoms with Crippen LogP contribution >= 0.6 is 11.6 Å². The first-order chi connectivity index (χ1) is 8.04. The highest BCUT2D eigenvalue weighted by Crippen LogP contribution is 2.01. The molecule has 0 aliphatic carbocycles. The van der Waals surface area contributed by atoms with Gasteiger partial charge in [0, 0.05) is 18.4 Å². The molecule has 1 heterocycles. The summed E-state index contributed by atoms with van der Waals surface area (Å²) in [6.45, 7) is 1.84. The van der Waals surface area contributed by atoms with Gasteiger partial charge in [-0.2, -0.15) is 0 Å². The standard InChI is InChI=1S/C11H13ClN2O3/c1-7-3-4-8(5-13-7)10(15)14-6-9(12)11(16)17-2/h3-5,9H,6H2,1-2H3,(H,14,15). The zero-order valence-corrected chi connectivity index (χ0v) is 10.3. The van der Waals surface area contributed by atoms with Crippen molar-refractivity contribution < 1.29 is 14.3 Å². The Morgan fingerprint density at radius 1 is 1.53 bits per heavy atom. The van der Waals surface area contributed by atoms with Crippen molar-refractivity contribution >= 4 is 23.5 Å². The molecule has 1 unspecified atom stereocenters. The number of halogens is 1. The number of pyridine rings is 1. The third-order valence-corrected chi connectivity index (χ3v) is 2.40. The van der Waals surface area contributed by atoms with Crippen molar-refractivity contribution in [1.29, 1.82) is 0 Å². The molecule has 0 spiro atoms. The van der Waals surface area contributed by atoms with E-state index in [9.17, 15) is 9.59 Å². The first-order valence-corrected chi connectivity index (χ1v) is 5.41. The summed E-state index contributed by atoms with van der Waals surface area (Å²) < 4.78 is 4.43. The van der Waals surface area contributed by atoms with Gasteiger partial charge in [-0.15, -0.1) is 11.6 Å². The van der Waals surface area contributed by atoms with Crippen molar-refractivity contribution in [3.05, 3.63) is 29.6 Å². The molecule has 0 radical (unpaired) electrons. The Hall–Kier alpha value is -1.62. The smallest absolute Gasteiger partial charge is 0.325 e. The predicted octanol–water partition coefficient (Wildman–Crippen LogP) is 0.900. The van der Waals surface area contributed by atoms with Gasteiger partial charge in [-0.1, -0.05) is 0 Å². The Morgan fingerprint density at radius 3 is 2.76 bits per heavy atom. The molecule has 0 bridgehead atoms. The van der Waals surface area contributed by atoms with E-state index in [2.05, 4.69) is 15.0 Å². The third kappa shape index (κ3) is 4.03. The van der Waals surface area contributed by atoms with E-state index in [1.807, 2.05) is 6.92 Å². The lowest BCUT2D eigenvalue weighted by Gasteiger charge is -2.08. The topological polar surface area (TPSA) is 68.3 Å². The number of nitrogens with one attached hydrogen (secondary N) is 1. The fourth-order valence-electron chi connectivity index (χ4n) is 1.10. The Bertz CT molecular complexity index is 406. The number of aryl methyl sites for hydroxylation is 1. The van der Waals surface area contributed by atoms with Crippen molar-refractivity contribution in [2.75, 3.05) is 13.7 Å². The highest BCUT2D eigenvalue weighted by Gasteiger charge is 2.16. The van der Waals surface area contributed by atoms with Crippen LogP contribution in [0.3, 0.4) is 0 Å². The van der Waals surface area contributed by atoms with E-state index in [1.54, 1.807) is 12.1 Å². The molecule has 1 rings (SSSR count). The third-order valence-electron chi connectivity index (χ3n) is 2.07. The van der Waals surface area contributed by atoms with E-state index in [4.69, 9.17) is 11.6 Å². The van der Waals surface area contributed by atoms with Crippen LogP contribution in [-0.2, 0) is 9.53 Å². The molecule has 1 N–H and O–H groups in total. The zero-order chi connectivity index (χ0) is 12.8. The van der Waals surface area contributed by atoms with Crippen LogP contribution in [0.4, 0.5) is 0 Å². The molecule has 5 nitrogen and oxygen atoms in total. The van der Waals surface area contributed by atoms with E-state index >= 15 is 0 Å². The van der Waals surface area contributed by atoms with Crippen LogP contribution in [0.2, 0.25) is 0 Å². The number of nitrogens with zero attached hydrogens (tertiary/aromatic N) is 1. The van der Waals surface area contributed by atoms with Crippen molar-refractivity contribution in [3.8, 4) is 0 Å². The van der Waals surface area contributed by atoms with Gasteiger partial charge in [-0.25, -0.2) is 0 Å². The number of methoxy groups -OCH3 is 1. The summed E-state index contributed by atoms with van der Waals surface area (Å²) in [5.41, 5.74) is 1.25. The quantitative estimate of drug-likeness (QED) is 0.642. The fraction of sp³-hybridized carbons (Fsp3) is 0.364. The van der Waals surface area contributed by atoms with Crippen LogP contribution in [0.25, 0.3) is 0 Å². The Kier molecular flexibility index (Phi) is 4.90. The Labute approximate surface area is 104 Å². The predicted molar refractivity (Wildman–Crippen MR) is 63.0 cm³/mol. The van der Waals surface area contributed by atoms with Gasteiger partial charge < -0.3 is 10.1 Å². The number of rotatable bonds is 4. The fourth-order valence-corrected chi connectivity index (χ4v) is 1.26. The Balaban J connectivity index is 2.50. The summed E-state index contributed by atoms with van der Waals surface area (Å²) in [5.74, 6) is -0.902. The van der Waals surface area contributed by atoms with Gasteiger partial charge in [0.15, 0.2) is 0 Å². The van der Waals surface area contributed by atoms with Gasteiger partial charge in [0.1, 0.15) is 5.38 Å². The van der Waals surface area contributed by atoms with E-state index in [0.717, 1.165) is 5.69 Å². The van der Waals surface area contributed by atoms with Crippen molar-refractivity contribution in [2.45, 2.75) is 12.3 Å². The summed E-state index contributed by atoms with van der Waals surface area (Å²) in [4.78, 5) is 26.6. The number of esters is 1. The van der Waals surface area contributed by atoms with Crippen LogP contribution in [0, 0.1) is 6.92 Å². The first kappa shape index (κ1) is 13.4. The summed E-state index contributed by atoms with van der Waals surface area (Å²) in [6.07, 6.45) is 1.46. The van der Waals surface area contributed by atoms with E-state index in [-0.39, 0.29) is 12.5 Å². The SMILES string of the molecule is COC(=O)C(Cl)CNC(=O)c1ccc(C)nc1. The molecule has 1 aromatic heterocycles. The zero-order valence-electron chi connectivity index (χ0n) is 9.57. The Morgan fingerprint density at radius 2 is 2.24 bits per heavy atom. The summed E-state index contributed by atoms with van der Waals surface area (Å²) in [5, 5.41) is 1.63. The molecule has 1 aromatic rings. The van der Waals surface area contributed by atoms with Crippen molar-refractivity contribution in [3.63, 3.8) is 0 Å².